The monoisotopic (exact) mass is 192 g/mol. The van der Waals surface area contributed by atoms with Crippen LogP contribution < -0.4 is 10.5 Å². The van der Waals surface area contributed by atoms with Crippen molar-refractivity contribution in [3.63, 3.8) is 0 Å². The lowest BCUT2D eigenvalue weighted by Gasteiger charge is -2.05. The van der Waals surface area contributed by atoms with Crippen LogP contribution in [0.4, 0.5) is 5.69 Å². The summed E-state index contributed by atoms with van der Waals surface area (Å²) in [6.45, 7) is 3.99. The van der Waals surface area contributed by atoms with E-state index in [4.69, 9.17) is 10.5 Å². The Hall–Kier alpha value is -1.51. The second kappa shape index (κ2) is 4.65. The van der Waals surface area contributed by atoms with Crippen LogP contribution in [0.3, 0.4) is 0 Å². The summed E-state index contributed by atoms with van der Waals surface area (Å²) in [4.78, 5) is 4.28. The van der Waals surface area contributed by atoms with Gasteiger partial charge in [0, 0.05) is 6.42 Å². The molecule has 0 heterocycles. The lowest BCUT2D eigenvalue weighted by molar-refractivity contribution is 0.416. The molecule has 2 N–H and O–H groups in total. The molecule has 0 saturated carbocycles. The Morgan fingerprint density at radius 3 is 2.79 bits per heavy atom. The van der Waals surface area contributed by atoms with Crippen molar-refractivity contribution in [3.8, 4) is 5.75 Å². The molecule has 0 aliphatic carbocycles. The topological polar surface area (TPSA) is 47.6 Å². The molecule has 0 radical (unpaired) electrons. The molecule has 76 valence electrons. The smallest absolute Gasteiger partial charge is 0.144 e. The van der Waals surface area contributed by atoms with Gasteiger partial charge >= 0.3 is 0 Å². The molecule has 0 aliphatic heterocycles. The van der Waals surface area contributed by atoms with Gasteiger partial charge in [0.25, 0.3) is 0 Å². The number of aryl methyl sites for hydroxylation is 1. The van der Waals surface area contributed by atoms with Crippen LogP contribution in [-0.2, 0) is 0 Å². The SMILES string of the molecule is CCC(N)=Nc1cc(C)ccc1OC. The first-order valence-corrected chi connectivity index (χ1v) is 4.65. The van der Waals surface area contributed by atoms with Gasteiger partial charge in [-0.2, -0.15) is 0 Å². The Balaban J connectivity index is 3.11. The van der Waals surface area contributed by atoms with Gasteiger partial charge in [-0.15, -0.1) is 0 Å². The number of methoxy groups -OCH3 is 1. The predicted molar refractivity (Wildman–Crippen MR) is 59.3 cm³/mol. The van der Waals surface area contributed by atoms with Crippen molar-refractivity contribution >= 4 is 11.5 Å². The highest BCUT2D eigenvalue weighted by molar-refractivity contribution is 5.83. The molecule has 0 saturated heterocycles. The van der Waals surface area contributed by atoms with Crippen LogP contribution in [0.25, 0.3) is 0 Å². The summed E-state index contributed by atoms with van der Waals surface area (Å²) in [7, 11) is 1.63. The van der Waals surface area contributed by atoms with Crippen molar-refractivity contribution in [2.45, 2.75) is 20.3 Å². The number of aliphatic imine (C=N–C) groups is 1. The second-order valence-corrected chi connectivity index (χ2v) is 3.13. The van der Waals surface area contributed by atoms with Crippen LogP contribution >= 0.6 is 0 Å². The summed E-state index contributed by atoms with van der Waals surface area (Å²) in [6.07, 6.45) is 0.747. The zero-order chi connectivity index (χ0) is 10.6. The maximum absolute atomic E-state index is 5.67. The van der Waals surface area contributed by atoms with Gasteiger partial charge in [0.15, 0.2) is 0 Å². The lowest BCUT2D eigenvalue weighted by atomic mass is 10.2. The molecule has 0 aliphatic rings. The average Bonchev–Trinajstić information content (AvgIpc) is 2.18. The molecule has 0 fully saturated rings. The fourth-order valence-electron chi connectivity index (χ4n) is 1.12. The Morgan fingerprint density at radius 1 is 1.50 bits per heavy atom. The number of hydrogen-bond acceptors (Lipinski definition) is 2. The molecule has 0 bridgehead atoms. The Bertz CT molecular complexity index is 345. The lowest BCUT2D eigenvalue weighted by Crippen LogP contribution is -2.08. The van der Waals surface area contributed by atoms with Gasteiger partial charge in [0.05, 0.1) is 12.9 Å². The van der Waals surface area contributed by atoms with Gasteiger partial charge in [-0.1, -0.05) is 13.0 Å². The van der Waals surface area contributed by atoms with E-state index in [1.54, 1.807) is 7.11 Å². The summed E-state index contributed by atoms with van der Waals surface area (Å²) in [6, 6.07) is 5.85. The van der Waals surface area contributed by atoms with Crippen LogP contribution in [0, 0.1) is 6.92 Å². The summed E-state index contributed by atoms with van der Waals surface area (Å²) >= 11 is 0. The highest BCUT2D eigenvalue weighted by atomic mass is 16.5. The normalized spacial score (nSPS) is 11.5. The first-order chi connectivity index (χ1) is 6.67. The van der Waals surface area contributed by atoms with E-state index in [9.17, 15) is 0 Å². The minimum absolute atomic E-state index is 0.619. The van der Waals surface area contributed by atoms with E-state index in [1.165, 1.54) is 0 Å². The number of nitrogens with zero attached hydrogens (tertiary/aromatic N) is 1. The van der Waals surface area contributed by atoms with Crippen LogP contribution in [-0.4, -0.2) is 12.9 Å². The maximum Gasteiger partial charge on any atom is 0.144 e. The minimum atomic E-state index is 0.619. The highest BCUT2D eigenvalue weighted by Gasteiger charge is 2.01. The average molecular weight is 192 g/mol. The number of benzene rings is 1. The van der Waals surface area contributed by atoms with Crippen LogP contribution in [0.5, 0.6) is 5.75 Å². The van der Waals surface area contributed by atoms with E-state index in [0.717, 1.165) is 23.4 Å². The molecule has 0 aromatic heterocycles. The molecular formula is C11H16N2O. The summed E-state index contributed by atoms with van der Waals surface area (Å²) in [5.74, 6) is 1.38. The van der Waals surface area contributed by atoms with E-state index in [1.807, 2.05) is 32.0 Å². The Kier molecular flexibility index (Phi) is 3.51. The second-order valence-electron chi connectivity index (χ2n) is 3.13. The fraction of sp³-hybridized carbons (Fsp3) is 0.364. The molecule has 1 aromatic carbocycles. The first kappa shape index (κ1) is 10.6. The van der Waals surface area contributed by atoms with E-state index in [2.05, 4.69) is 4.99 Å². The van der Waals surface area contributed by atoms with Crippen LogP contribution in [0.1, 0.15) is 18.9 Å². The highest BCUT2D eigenvalue weighted by Crippen LogP contribution is 2.28. The van der Waals surface area contributed by atoms with Crippen LogP contribution in [0.2, 0.25) is 0 Å². The predicted octanol–water partition coefficient (Wildman–Crippen LogP) is 2.40. The van der Waals surface area contributed by atoms with E-state index in [-0.39, 0.29) is 0 Å². The van der Waals surface area contributed by atoms with Crippen molar-refractivity contribution in [1.29, 1.82) is 0 Å². The standard InChI is InChI=1S/C11H16N2O/c1-4-11(12)13-9-7-8(2)5-6-10(9)14-3/h5-7H,4H2,1-3H3,(H2,12,13). The third-order valence-electron chi connectivity index (χ3n) is 1.96. The molecule has 3 nitrogen and oxygen atoms in total. The van der Waals surface area contributed by atoms with Gasteiger partial charge in [-0.3, -0.25) is 0 Å². The summed E-state index contributed by atoms with van der Waals surface area (Å²) < 4.78 is 5.18. The van der Waals surface area contributed by atoms with Gasteiger partial charge in [0.1, 0.15) is 11.4 Å². The number of hydrogen-bond donors (Lipinski definition) is 1. The first-order valence-electron chi connectivity index (χ1n) is 4.65. The van der Waals surface area contributed by atoms with Gasteiger partial charge in [0.2, 0.25) is 0 Å². The molecule has 0 spiro atoms. The van der Waals surface area contributed by atoms with Crippen molar-refractivity contribution in [2.75, 3.05) is 7.11 Å². The summed E-state index contributed by atoms with van der Waals surface area (Å²) in [5, 5.41) is 0. The van der Waals surface area contributed by atoms with Crippen molar-refractivity contribution in [1.82, 2.24) is 0 Å². The number of nitrogens with two attached hydrogens (primary N) is 1. The van der Waals surface area contributed by atoms with E-state index < -0.39 is 0 Å². The molecule has 0 unspecified atom stereocenters. The molecule has 1 rings (SSSR count). The molecule has 1 aromatic rings. The zero-order valence-electron chi connectivity index (χ0n) is 8.87. The van der Waals surface area contributed by atoms with Gasteiger partial charge < -0.3 is 10.5 Å². The zero-order valence-corrected chi connectivity index (χ0v) is 8.87. The molecular weight excluding hydrogens is 176 g/mol. The van der Waals surface area contributed by atoms with E-state index >= 15 is 0 Å². The Labute approximate surface area is 84.6 Å². The quantitative estimate of drug-likeness (QED) is 0.590. The minimum Gasteiger partial charge on any atom is -0.494 e. The fourth-order valence-corrected chi connectivity index (χ4v) is 1.12. The van der Waals surface area contributed by atoms with Gasteiger partial charge in [-0.25, -0.2) is 4.99 Å². The third-order valence-corrected chi connectivity index (χ3v) is 1.96. The molecule has 0 atom stereocenters. The third kappa shape index (κ3) is 2.49. The van der Waals surface area contributed by atoms with E-state index in [0.29, 0.717) is 5.84 Å². The van der Waals surface area contributed by atoms with Gasteiger partial charge in [-0.05, 0) is 24.6 Å². The maximum atomic E-state index is 5.67. The summed E-state index contributed by atoms with van der Waals surface area (Å²) in [5.41, 5.74) is 7.62. The molecule has 0 amide bonds. The number of ether oxygens (including phenoxy) is 1. The molecule has 3 heteroatoms. The molecule has 14 heavy (non-hydrogen) atoms. The van der Waals surface area contributed by atoms with Crippen LogP contribution in [0.15, 0.2) is 23.2 Å². The Morgan fingerprint density at radius 2 is 2.21 bits per heavy atom. The number of rotatable bonds is 3. The van der Waals surface area contributed by atoms with Crippen molar-refractivity contribution in [2.24, 2.45) is 10.7 Å². The van der Waals surface area contributed by atoms with Crippen molar-refractivity contribution in [3.05, 3.63) is 23.8 Å². The number of amidine groups is 1. The van der Waals surface area contributed by atoms with Crippen molar-refractivity contribution < 1.29 is 4.74 Å². The largest absolute Gasteiger partial charge is 0.494 e.